The minimum Gasteiger partial charge on any atom is -0.297 e. The molecule has 2 nitrogen and oxygen atoms in total. The van der Waals surface area contributed by atoms with Crippen molar-refractivity contribution in [2.75, 3.05) is 26.2 Å². The second kappa shape index (κ2) is 6.33. The zero-order valence-corrected chi connectivity index (χ0v) is 12.0. The molecule has 1 aromatic carbocycles. The number of benzene rings is 1. The first-order chi connectivity index (χ1) is 9.40. The number of nitrogens with zero attached hydrogens (tertiary/aromatic N) is 2. The third-order valence-corrected chi connectivity index (χ3v) is 4.53. The molecule has 0 radical (unpaired) electrons. The molecule has 0 saturated carbocycles. The van der Waals surface area contributed by atoms with Crippen molar-refractivity contribution >= 4 is 11.3 Å². The van der Waals surface area contributed by atoms with Gasteiger partial charge in [0, 0.05) is 44.1 Å². The molecule has 1 aromatic heterocycles. The van der Waals surface area contributed by atoms with E-state index >= 15 is 0 Å². The summed E-state index contributed by atoms with van der Waals surface area (Å²) in [7, 11) is 0. The Bertz CT molecular complexity index is 473. The van der Waals surface area contributed by atoms with Crippen LogP contribution in [-0.2, 0) is 13.1 Å². The van der Waals surface area contributed by atoms with E-state index < -0.39 is 0 Å². The Morgan fingerprint density at radius 2 is 1.47 bits per heavy atom. The molecule has 0 unspecified atom stereocenters. The lowest BCUT2D eigenvalue weighted by Crippen LogP contribution is -2.45. The standard InChI is InChI=1S/C16H20N2S/c1-2-5-15(6-3-1)13-17-8-10-18(11-9-17)14-16-7-4-12-19-16/h1-7,12H,8-11,13-14H2. The van der Waals surface area contributed by atoms with Gasteiger partial charge in [0.05, 0.1) is 0 Å². The summed E-state index contributed by atoms with van der Waals surface area (Å²) < 4.78 is 0. The van der Waals surface area contributed by atoms with Crippen molar-refractivity contribution in [3.05, 3.63) is 58.3 Å². The minimum atomic E-state index is 1.09. The van der Waals surface area contributed by atoms with Gasteiger partial charge in [-0.05, 0) is 17.0 Å². The Labute approximate surface area is 119 Å². The van der Waals surface area contributed by atoms with E-state index in [2.05, 4.69) is 57.6 Å². The summed E-state index contributed by atoms with van der Waals surface area (Å²) in [6.45, 7) is 6.94. The highest BCUT2D eigenvalue weighted by molar-refractivity contribution is 7.09. The fourth-order valence-corrected chi connectivity index (χ4v) is 3.32. The third-order valence-electron chi connectivity index (χ3n) is 3.67. The Morgan fingerprint density at radius 1 is 0.789 bits per heavy atom. The van der Waals surface area contributed by atoms with E-state index in [9.17, 15) is 0 Å². The van der Waals surface area contributed by atoms with Crippen LogP contribution in [-0.4, -0.2) is 36.0 Å². The summed E-state index contributed by atoms with van der Waals surface area (Å²) in [6.07, 6.45) is 0. The van der Waals surface area contributed by atoms with Crippen LogP contribution < -0.4 is 0 Å². The zero-order valence-electron chi connectivity index (χ0n) is 11.2. The molecule has 0 N–H and O–H groups in total. The van der Waals surface area contributed by atoms with Gasteiger partial charge in [-0.1, -0.05) is 36.4 Å². The molecule has 0 bridgehead atoms. The lowest BCUT2D eigenvalue weighted by molar-refractivity contribution is 0.123. The third kappa shape index (κ3) is 3.66. The van der Waals surface area contributed by atoms with Gasteiger partial charge in [-0.15, -0.1) is 11.3 Å². The predicted octanol–water partition coefficient (Wildman–Crippen LogP) is 3.07. The molecule has 3 heteroatoms. The average molecular weight is 272 g/mol. The zero-order chi connectivity index (χ0) is 12.9. The van der Waals surface area contributed by atoms with E-state index in [1.165, 1.54) is 36.6 Å². The maximum Gasteiger partial charge on any atom is 0.0328 e. The molecule has 1 aliphatic rings. The van der Waals surface area contributed by atoms with Crippen LogP contribution in [0.2, 0.25) is 0 Å². The molecule has 1 fully saturated rings. The van der Waals surface area contributed by atoms with E-state index in [0.29, 0.717) is 0 Å². The quantitative estimate of drug-likeness (QED) is 0.844. The van der Waals surface area contributed by atoms with Gasteiger partial charge in [0.15, 0.2) is 0 Å². The summed E-state index contributed by atoms with van der Waals surface area (Å²) in [4.78, 5) is 6.60. The van der Waals surface area contributed by atoms with Crippen molar-refractivity contribution in [1.29, 1.82) is 0 Å². The number of hydrogen-bond donors (Lipinski definition) is 0. The average Bonchev–Trinajstić information content (AvgIpc) is 2.95. The van der Waals surface area contributed by atoms with Gasteiger partial charge >= 0.3 is 0 Å². The van der Waals surface area contributed by atoms with Gasteiger partial charge in [0.2, 0.25) is 0 Å². The van der Waals surface area contributed by atoms with Crippen molar-refractivity contribution in [2.24, 2.45) is 0 Å². The second-order valence-electron chi connectivity index (χ2n) is 5.12. The van der Waals surface area contributed by atoms with Gasteiger partial charge in [-0.25, -0.2) is 0 Å². The van der Waals surface area contributed by atoms with Crippen LogP contribution in [0.5, 0.6) is 0 Å². The van der Waals surface area contributed by atoms with Crippen molar-refractivity contribution in [1.82, 2.24) is 9.80 Å². The van der Waals surface area contributed by atoms with Crippen LogP contribution in [0.3, 0.4) is 0 Å². The highest BCUT2D eigenvalue weighted by Crippen LogP contribution is 2.14. The number of piperazine rings is 1. The topological polar surface area (TPSA) is 6.48 Å². The smallest absolute Gasteiger partial charge is 0.0328 e. The SMILES string of the molecule is c1ccc(CN2CCN(Cc3cccs3)CC2)cc1. The second-order valence-corrected chi connectivity index (χ2v) is 6.15. The first-order valence-corrected chi connectivity index (χ1v) is 7.79. The summed E-state index contributed by atoms with van der Waals surface area (Å²) in [5.41, 5.74) is 1.43. The van der Waals surface area contributed by atoms with Crippen LogP contribution in [0, 0.1) is 0 Å². The van der Waals surface area contributed by atoms with E-state index in [-0.39, 0.29) is 0 Å². The van der Waals surface area contributed by atoms with Crippen LogP contribution in [0.15, 0.2) is 47.8 Å². The summed E-state index contributed by atoms with van der Waals surface area (Å²) in [5, 5.41) is 2.17. The van der Waals surface area contributed by atoms with E-state index in [1.807, 2.05) is 11.3 Å². The van der Waals surface area contributed by atoms with Crippen LogP contribution in [0.4, 0.5) is 0 Å². The van der Waals surface area contributed by atoms with E-state index in [0.717, 1.165) is 13.1 Å². The molecule has 2 aromatic rings. The first kappa shape index (κ1) is 12.9. The molecule has 3 rings (SSSR count). The molecule has 100 valence electrons. The predicted molar refractivity (Wildman–Crippen MR) is 81.3 cm³/mol. The van der Waals surface area contributed by atoms with Crippen molar-refractivity contribution in [2.45, 2.75) is 13.1 Å². The summed E-state index contributed by atoms with van der Waals surface area (Å²) in [6, 6.07) is 15.2. The largest absolute Gasteiger partial charge is 0.297 e. The Morgan fingerprint density at radius 3 is 2.11 bits per heavy atom. The van der Waals surface area contributed by atoms with Gasteiger partial charge in [-0.3, -0.25) is 9.80 Å². The lowest BCUT2D eigenvalue weighted by atomic mass is 10.2. The molecule has 0 amide bonds. The Hall–Kier alpha value is -1.16. The van der Waals surface area contributed by atoms with Crippen LogP contribution in [0.25, 0.3) is 0 Å². The van der Waals surface area contributed by atoms with E-state index in [4.69, 9.17) is 0 Å². The maximum absolute atomic E-state index is 2.56. The number of thiophene rings is 1. The Balaban J connectivity index is 1.47. The number of rotatable bonds is 4. The van der Waals surface area contributed by atoms with Crippen molar-refractivity contribution < 1.29 is 0 Å². The molecule has 0 aliphatic carbocycles. The summed E-state index contributed by atoms with van der Waals surface area (Å²) >= 11 is 1.86. The fraction of sp³-hybridized carbons (Fsp3) is 0.375. The van der Waals surface area contributed by atoms with Crippen molar-refractivity contribution in [3.8, 4) is 0 Å². The van der Waals surface area contributed by atoms with Crippen LogP contribution >= 0.6 is 11.3 Å². The molecule has 1 aliphatic heterocycles. The Kier molecular flexibility index (Phi) is 4.28. The van der Waals surface area contributed by atoms with Gasteiger partial charge < -0.3 is 0 Å². The molecule has 19 heavy (non-hydrogen) atoms. The number of hydrogen-bond acceptors (Lipinski definition) is 3. The lowest BCUT2D eigenvalue weighted by Gasteiger charge is -2.34. The maximum atomic E-state index is 2.56. The van der Waals surface area contributed by atoms with Gasteiger partial charge in [0.25, 0.3) is 0 Å². The summed E-state index contributed by atoms with van der Waals surface area (Å²) in [5.74, 6) is 0. The van der Waals surface area contributed by atoms with Gasteiger partial charge in [-0.2, -0.15) is 0 Å². The van der Waals surface area contributed by atoms with E-state index in [1.54, 1.807) is 0 Å². The van der Waals surface area contributed by atoms with Gasteiger partial charge in [0.1, 0.15) is 0 Å². The fourth-order valence-electron chi connectivity index (χ4n) is 2.57. The van der Waals surface area contributed by atoms with Crippen LogP contribution in [0.1, 0.15) is 10.4 Å². The minimum absolute atomic E-state index is 1.09. The van der Waals surface area contributed by atoms with Crippen molar-refractivity contribution in [3.63, 3.8) is 0 Å². The highest BCUT2D eigenvalue weighted by Gasteiger charge is 2.17. The molecule has 0 spiro atoms. The first-order valence-electron chi connectivity index (χ1n) is 6.91. The molecule has 2 heterocycles. The normalized spacial score (nSPS) is 17.7. The monoisotopic (exact) mass is 272 g/mol. The molecular weight excluding hydrogens is 252 g/mol. The molecule has 1 saturated heterocycles. The highest BCUT2D eigenvalue weighted by atomic mass is 32.1. The molecule has 0 atom stereocenters. The molecular formula is C16H20N2S.